The third-order valence-corrected chi connectivity index (χ3v) is 2.11. The molecule has 1 saturated heterocycles. The Hall–Kier alpha value is -1.01. The molecule has 15 heavy (non-hydrogen) atoms. The standard InChI is InChI=1S/C8H15N3O3.ClH/c1-6-5-11(3-2-9-6)7(12)4-10-8(13)14;/h6,9-10H,2-5H2,1H3,(H,13,14);1H/t6-;/m0./s1. The minimum Gasteiger partial charge on any atom is -0.465 e. The number of carbonyl (C=O) groups is 2. The summed E-state index contributed by atoms with van der Waals surface area (Å²) >= 11 is 0. The lowest BCUT2D eigenvalue weighted by Crippen LogP contribution is -2.53. The third-order valence-electron chi connectivity index (χ3n) is 2.11. The fraction of sp³-hybridized carbons (Fsp3) is 0.750. The maximum atomic E-state index is 11.4. The molecular weight excluding hydrogens is 222 g/mol. The first-order chi connectivity index (χ1) is 6.59. The van der Waals surface area contributed by atoms with Crippen molar-refractivity contribution >= 4 is 24.4 Å². The Balaban J connectivity index is 0.00000196. The monoisotopic (exact) mass is 237 g/mol. The predicted octanol–water partition coefficient (Wildman–Crippen LogP) is -0.504. The number of halogens is 1. The molecule has 0 radical (unpaired) electrons. The number of carbonyl (C=O) groups excluding carboxylic acids is 1. The Kier molecular flexibility index (Phi) is 6.03. The first kappa shape index (κ1) is 14.0. The van der Waals surface area contributed by atoms with Gasteiger partial charge in [0.25, 0.3) is 0 Å². The van der Waals surface area contributed by atoms with Gasteiger partial charge in [-0.1, -0.05) is 0 Å². The van der Waals surface area contributed by atoms with Gasteiger partial charge in [-0.2, -0.15) is 0 Å². The summed E-state index contributed by atoms with van der Waals surface area (Å²) < 4.78 is 0. The van der Waals surface area contributed by atoms with Gasteiger partial charge in [-0.05, 0) is 6.92 Å². The zero-order valence-corrected chi connectivity index (χ0v) is 9.34. The molecule has 0 aromatic heterocycles. The summed E-state index contributed by atoms with van der Waals surface area (Å²) in [6, 6.07) is 0.275. The average molecular weight is 238 g/mol. The Morgan fingerprint density at radius 1 is 1.60 bits per heavy atom. The number of carboxylic acid groups (broad SMARTS) is 1. The molecule has 1 rings (SSSR count). The van der Waals surface area contributed by atoms with Crippen LogP contribution < -0.4 is 10.6 Å². The highest BCUT2D eigenvalue weighted by atomic mass is 35.5. The molecule has 6 nitrogen and oxygen atoms in total. The second-order valence-corrected chi connectivity index (χ2v) is 3.35. The average Bonchev–Trinajstić information content (AvgIpc) is 2.14. The van der Waals surface area contributed by atoms with Crippen molar-refractivity contribution in [3.63, 3.8) is 0 Å². The van der Waals surface area contributed by atoms with E-state index >= 15 is 0 Å². The van der Waals surface area contributed by atoms with E-state index in [1.165, 1.54) is 0 Å². The molecule has 0 aliphatic carbocycles. The second-order valence-electron chi connectivity index (χ2n) is 3.35. The topological polar surface area (TPSA) is 81.7 Å². The quantitative estimate of drug-likeness (QED) is 0.605. The SMILES string of the molecule is C[C@H]1CN(C(=O)CNC(=O)O)CCN1.Cl. The van der Waals surface area contributed by atoms with Crippen LogP contribution in [0.1, 0.15) is 6.92 Å². The Morgan fingerprint density at radius 3 is 2.80 bits per heavy atom. The molecule has 0 saturated carbocycles. The molecule has 1 atom stereocenters. The van der Waals surface area contributed by atoms with Crippen LogP contribution in [0.2, 0.25) is 0 Å². The van der Waals surface area contributed by atoms with Gasteiger partial charge in [-0.15, -0.1) is 12.4 Å². The smallest absolute Gasteiger partial charge is 0.405 e. The van der Waals surface area contributed by atoms with Crippen molar-refractivity contribution in [2.45, 2.75) is 13.0 Å². The van der Waals surface area contributed by atoms with Crippen molar-refractivity contribution < 1.29 is 14.7 Å². The van der Waals surface area contributed by atoms with Crippen LogP contribution in [0.25, 0.3) is 0 Å². The first-order valence-electron chi connectivity index (χ1n) is 4.57. The van der Waals surface area contributed by atoms with Crippen molar-refractivity contribution in [1.82, 2.24) is 15.5 Å². The van der Waals surface area contributed by atoms with Crippen LogP contribution in [0.15, 0.2) is 0 Å². The van der Waals surface area contributed by atoms with Gasteiger partial charge in [0.1, 0.15) is 6.54 Å². The number of nitrogens with zero attached hydrogens (tertiary/aromatic N) is 1. The van der Waals surface area contributed by atoms with Gasteiger partial charge in [0.2, 0.25) is 5.91 Å². The number of nitrogens with one attached hydrogen (secondary N) is 2. The third kappa shape index (κ3) is 4.85. The molecule has 0 aromatic rings. The summed E-state index contributed by atoms with van der Waals surface area (Å²) in [5, 5.41) is 13.6. The molecule has 1 fully saturated rings. The lowest BCUT2D eigenvalue weighted by molar-refractivity contribution is -0.131. The maximum Gasteiger partial charge on any atom is 0.405 e. The van der Waals surface area contributed by atoms with E-state index in [-0.39, 0.29) is 30.9 Å². The van der Waals surface area contributed by atoms with E-state index in [9.17, 15) is 9.59 Å². The Morgan fingerprint density at radius 2 is 2.27 bits per heavy atom. The van der Waals surface area contributed by atoms with Crippen LogP contribution in [0.4, 0.5) is 4.79 Å². The van der Waals surface area contributed by atoms with Gasteiger partial charge in [-0.25, -0.2) is 4.79 Å². The minimum absolute atomic E-state index is 0. The molecule has 1 heterocycles. The van der Waals surface area contributed by atoms with E-state index in [2.05, 4.69) is 10.6 Å². The summed E-state index contributed by atoms with van der Waals surface area (Å²) in [4.78, 5) is 23.2. The van der Waals surface area contributed by atoms with E-state index in [1.807, 2.05) is 6.92 Å². The van der Waals surface area contributed by atoms with Crippen molar-refractivity contribution in [2.75, 3.05) is 26.2 Å². The molecule has 0 bridgehead atoms. The highest BCUT2D eigenvalue weighted by molar-refractivity contribution is 5.85. The molecule has 1 aliphatic heterocycles. The van der Waals surface area contributed by atoms with Crippen molar-refractivity contribution in [3.05, 3.63) is 0 Å². The molecule has 88 valence electrons. The number of amides is 2. The molecule has 3 N–H and O–H groups in total. The Labute approximate surface area is 94.4 Å². The minimum atomic E-state index is -1.17. The molecule has 1 aliphatic rings. The molecule has 7 heteroatoms. The van der Waals surface area contributed by atoms with Gasteiger partial charge < -0.3 is 20.6 Å². The number of hydrogen-bond acceptors (Lipinski definition) is 3. The van der Waals surface area contributed by atoms with Crippen LogP contribution in [0, 0.1) is 0 Å². The zero-order chi connectivity index (χ0) is 10.6. The predicted molar refractivity (Wildman–Crippen MR) is 57.3 cm³/mol. The normalized spacial score (nSPS) is 20.3. The highest BCUT2D eigenvalue weighted by Crippen LogP contribution is 1.98. The largest absolute Gasteiger partial charge is 0.465 e. The van der Waals surface area contributed by atoms with Crippen LogP contribution >= 0.6 is 12.4 Å². The van der Waals surface area contributed by atoms with E-state index in [4.69, 9.17) is 5.11 Å². The lowest BCUT2D eigenvalue weighted by Gasteiger charge is -2.31. The van der Waals surface area contributed by atoms with Crippen LogP contribution in [0.3, 0.4) is 0 Å². The van der Waals surface area contributed by atoms with Gasteiger partial charge >= 0.3 is 6.09 Å². The van der Waals surface area contributed by atoms with E-state index in [0.717, 1.165) is 6.54 Å². The molecular formula is C8H16ClN3O3. The molecule has 0 aromatic carbocycles. The first-order valence-corrected chi connectivity index (χ1v) is 4.57. The summed E-state index contributed by atoms with van der Waals surface area (Å²) in [5.41, 5.74) is 0. The second kappa shape index (κ2) is 6.47. The summed E-state index contributed by atoms with van der Waals surface area (Å²) in [6.45, 7) is 3.90. The van der Waals surface area contributed by atoms with E-state index in [1.54, 1.807) is 4.90 Å². The van der Waals surface area contributed by atoms with E-state index < -0.39 is 6.09 Å². The van der Waals surface area contributed by atoms with Crippen molar-refractivity contribution in [2.24, 2.45) is 0 Å². The molecule has 0 spiro atoms. The van der Waals surface area contributed by atoms with Crippen LogP contribution in [-0.2, 0) is 4.79 Å². The number of rotatable bonds is 2. The summed E-state index contributed by atoms with van der Waals surface area (Å²) in [7, 11) is 0. The zero-order valence-electron chi connectivity index (χ0n) is 8.52. The lowest BCUT2D eigenvalue weighted by atomic mass is 10.2. The van der Waals surface area contributed by atoms with Gasteiger partial charge in [-0.3, -0.25) is 4.79 Å². The maximum absolute atomic E-state index is 11.4. The number of piperazine rings is 1. The highest BCUT2D eigenvalue weighted by Gasteiger charge is 2.20. The van der Waals surface area contributed by atoms with E-state index in [0.29, 0.717) is 13.1 Å². The van der Waals surface area contributed by atoms with Crippen LogP contribution in [0.5, 0.6) is 0 Å². The summed E-state index contributed by atoms with van der Waals surface area (Å²) in [6.07, 6.45) is -1.17. The number of hydrogen-bond donors (Lipinski definition) is 3. The molecule has 0 unspecified atom stereocenters. The summed E-state index contributed by atoms with van der Waals surface area (Å²) in [5.74, 6) is -0.166. The van der Waals surface area contributed by atoms with Gasteiger partial charge in [0, 0.05) is 25.7 Å². The fourth-order valence-electron chi connectivity index (χ4n) is 1.42. The fourth-order valence-corrected chi connectivity index (χ4v) is 1.42. The van der Waals surface area contributed by atoms with Gasteiger partial charge in [0.05, 0.1) is 0 Å². The van der Waals surface area contributed by atoms with Crippen molar-refractivity contribution in [3.8, 4) is 0 Å². The van der Waals surface area contributed by atoms with Gasteiger partial charge in [0.15, 0.2) is 0 Å². The van der Waals surface area contributed by atoms with Crippen LogP contribution in [-0.4, -0.2) is 54.2 Å². The molecule has 2 amide bonds. The Bertz CT molecular complexity index is 237. The van der Waals surface area contributed by atoms with Crippen molar-refractivity contribution in [1.29, 1.82) is 0 Å².